The number of aryl methyl sites for hydroxylation is 2. The largest absolute Gasteiger partial charge is 0.396 e. The lowest BCUT2D eigenvalue weighted by atomic mass is 9.86. The fraction of sp³-hybridized carbons (Fsp3) is 0.750. The van der Waals surface area contributed by atoms with Gasteiger partial charge in [0.05, 0.1) is 5.69 Å². The van der Waals surface area contributed by atoms with Crippen LogP contribution < -0.4 is 4.72 Å². The van der Waals surface area contributed by atoms with Crippen LogP contribution in [0.5, 0.6) is 0 Å². The van der Waals surface area contributed by atoms with E-state index >= 15 is 0 Å². The fourth-order valence-electron chi connectivity index (χ4n) is 2.76. The van der Waals surface area contributed by atoms with Crippen molar-refractivity contribution in [2.75, 3.05) is 6.61 Å². The number of aliphatic hydroxyl groups is 1. The van der Waals surface area contributed by atoms with Crippen LogP contribution in [-0.2, 0) is 17.1 Å². The number of rotatable bonds is 4. The number of hydrogen-bond donors (Lipinski definition) is 2. The van der Waals surface area contributed by atoms with E-state index < -0.39 is 10.0 Å². The Bertz CT molecular complexity index is 585. The highest BCUT2D eigenvalue weighted by atomic mass is 35.5. The molecule has 1 aliphatic rings. The molecule has 114 valence electrons. The summed E-state index contributed by atoms with van der Waals surface area (Å²) in [5.74, 6) is -0.0331. The first-order chi connectivity index (χ1) is 9.36. The minimum atomic E-state index is -3.72. The Hall–Kier alpha value is -0.630. The highest BCUT2D eigenvalue weighted by Crippen LogP contribution is 2.28. The Labute approximate surface area is 124 Å². The van der Waals surface area contributed by atoms with Gasteiger partial charge in [-0.15, -0.1) is 0 Å². The van der Waals surface area contributed by atoms with Crippen molar-refractivity contribution < 1.29 is 13.5 Å². The van der Waals surface area contributed by atoms with E-state index in [4.69, 9.17) is 11.6 Å². The van der Waals surface area contributed by atoms with Gasteiger partial charge >= 0.3 is 0 Å². The van der Waals surface area contributed by atoms with Crippen LogP contribution in [0.15, 0.2) is 4.90 Å². The number of nitrogens with zero attached hydrogens (tertiary/aromatic N) is 2. The molecule has 8 heteroatoms. The predicted octanol–water partition coefficient (Wildman–Crippen LogP) is 1.21. The van der Waals surface area contributed by atoms with Gasteiger partial charge < -0.3 is 5.11 Å². The van der Waals surface area contributed by atoms with Gasteiger partial charge in [-0.3, -0.25) is 4.68 Å². The van der Waals surface area contributed by atoms with Crippen molar-refractivity contribution in [1.29, 1.82) is 0 Å². The zero-order valence-electron chi connectivity index (χ0n) is 11.6. The molecule has 0 aliphatic heterocycles. The lowest BCUT2D eigenvalue weighted by Gasteiger charge is -2.30. The molecule has 1 aromatic heterocycles. The summed E-state index contributed by atoms with van der Waals surface area (Å²) < 4.78 is 29.0. The van der Waals surface area contributed by atoms with Gasteiger partial charge in [0.15, 0.2) is 0 Å². The fourth-order valence-corrected chi connectivity index (χ4v) is 4.84. The van der Waals surface area contributed by atoms with Gasteiger partial charge in [-0.25, -0.2) is 13.1 Å². The molecule has 1 heterocycles. The first-order valence-electron chi connectivity index (χ1n) is 6.69. The molecule has 0 aromatic carbocycles. The van der Waals surface area contributed by atoms with Gasteiger partial charge in [0.1, 0.15) is 10.0 Å². The molecule has 2 atom stereocenters. The van der Waals surface area contributed by atoms with E-state index in [1.165, 1.54) is 4.68 Å². The molecule has 0 saturated heterocycles. The molecular weight excluding hydrogens is 302 g/mol. The second-order valence-electron chi connectivity index (χ2n) is 5.28. The number of aromatic nitrogens is 2. The second-order valence-corrected chi connectivity index (χ2v) is 7.29. The summed E-state index contributed by atoms with van der Waals surface area (Å²) in [7, 11) is -2.12. The molecule has 1 fully saturated rings. The average Bonchev–Trinajstić information content (AvgIpc) is 2.63. The number of aliphatic hydroxyl groups excluding tert-OH is 1. The maximum atomic E-state index is 12.5. The Morgan fingerprint density at radius 1 is 1.45 bits per heavy atom. The third-order valence-corrected chi connectivity index (χ3v) is 6.00. The molecular formula is C12H20ClN3O3S. The van der Waals surface area contributed by atoms with E-state index in [0.717, 1.165) is 25.7 Å². The van der Waals surface area contributed by atoms with E-state index in [1.807, 2.05) is 0 Å². The van der Waals surface area contributed by atoms with Crippen molar-refractivity contribution in [3.8, 4) is 0 Å². The van der Waals surface area contributed by atoms with Crippen LogP contribution >= 0.6 is 11.6 Å². The molecule has 0 radical (unpaired) electrons. The van der Waals surface area contributed by atoms with Crippen molar-refractivity contribution in [2.24, 2.45) is 13.0 Å². The second kappa shape index (κ2) is 6.01. The van der Waals surface area contributed by atoms with Crippen molar-refractivity contribution in [3.63, 3.8) is 0 Å². The smallest absolute Gasteiger partial charge is 0.245 e. The number of nitrogens with one attached hydrogen (secondary N) is 1. The molecule has 0 bridgehead atoms. The van der Waals surface area contributed by atoms with Crippen LogP contribution in [0.25, 0.3) is 0 Å². The van der Waals surface area contributed by atoms with Crippen molar-refractivity contribution in [1.82, 2.24) is 14.5 Å². The van der Waals surface area contributed by atoms with Gasteiger partial charge in [-0.05, 0) is 25.7 Å². The minimum absolute atomic E-state index is 0.00700. The summed E-state index contributed by atoms with van der Waals surface area (Å²) in [6, 6.07) is -0.241. The summed E-state index contributed by atoms with van der Waals surface area (Å²) in [6.07, 6.45) is 3.56. The van der Waals surface area contributed by atoms with Crippen LogP contribution in [-0.4, -0.2) is 36.0 Å². The maximum absolute atomic E-state index is 12.5. The predicted molar refractivity (Wildman–Crippen MR) is 76.1 cm³/mol. The standard InChI is InChI=1S/C12H20ClN3O3S/c1-8-11(12(13)16(2)14-8)20(18,19)15-10-6-4-3-5-9(10)7-17/h9-10,15,17H,3-7H2,1-2H3. The molecule has 20 heavy (non-hydrogen) atoms. The number of halogens is 1. The Balaban J connectivity index is 2.26. The summed E-state index contributed by atoms with van der Waals surface area (Å²) in [5.41, 5.74) is 0.376. The average molecular weight is 322 g/mol. The van der Waals surface area contributed by atoms with Gasteiger partial charge in [0.25, 0.3) is 0 Å². The zero-order valence-corrected chi connectivity index (χ0v) is 13.2. The third kappa shape index (κ3) is 3.00. The highest BCUT2D eigenvalue weighted by Gasteiger charge is 2.32. The van der Waals surface area contributed by atoms with Gasteiger partial charge in [0, 0.05) is 19.7 Å². The van der Waals surface area contributed by atoms with E-state index in [-0.39, 0.29) is 28.6 Å². The van der Waals surface area contributed by atoms with Crippen LogP contribution in [0, 0.1) is 12.8 Å². The lowest BCUT2D eigenvalue weighted by Crippen LogP contribution is -2.43. The molecule has 1 saturated carbocycles. The van der Waals surface area contributed by atoms with Crippen molar-refractivity contribution >= 4 is 21.6 Å². The SMILES string of the molecule is Cc1nn(C)c(Cl)c1S(=O)(=O)NC1CCCCC1CO. The van der Waals surface area contributed by atoms with Crippen molar-refractivity contribution in [2.45, 2.75) is 43.5 Å². The van der Waals surface area contributed by atoms with Crippen LogP contribution in [0.1, 0.15) is 31.4 Å². The van der Waals surface area contributed by atoms with E-state index in [9.17, 15) is 13.5 Å². The van der Waals surface area contributed by atoms with Crippen LogP contribution in [0.2, 0.25) is 5.15 Å². The van der Waals surface area contributed by atoms with Gasteiger partial charge in [-0.2, -0.15) is 5.10 Å². The summed E-state index contributed by atoms with van der Waals surface area (Å²) >= 11 is 6.02. The first kappa shape index (κ1) is 15.8. The minimum Gasteiger partial charge on any atom is -0.396 e. The van der Waals surface area contributed by atoms with Crippen LogP contribution in [0.3, 0.4) is 0 Å². The van der Waals surface area contributed by atoms with Crippen LogP contribution in [0.4, 0.5) is 0 Å². The monoisotopic (exact) mass is 321 g/mol. The molecule has 2 N–H and O–H groups in total. The number of sulfonamides is 1. The Morgan fingerprint density at radius 2 is 2.10 bits per heavy atom. The summed E-state index contributed by atoms with van der Waals surface area (Å²) in [5, 5.41) is 13.5. The topological polar surface area (TPSA) is 84.2 Å². The molecule has 2 rings (SSSR count). The van der Waals surface area contributed by atoms with Gasteiger partial charge in [-0.1, -0.05) is 24.4 Å². The Morgan fingerprint density at radius 3 is 2.65 bits per heavy atom. The summed E-state index contributed by atoms with van der Waals surface area (Å²) in [6.45, 7) is 1.61. The zero-order chi connectivity index (χ0) is 14.9. The summed E-state index contributed by atoms with van der Waals surface area (Å²) in [4.78, 5) is 0.0314. The highest BCUT2D eigenvalue weighted by molar-refractivity contribution is 7.89. The molecule has 6 nitrogen and oxygen atoms in total. The quantitative estimate of drug-likeness (QED) is 0.873. The molecule has 2 unspecified atom stereocenters. The molecule has 1 aliphatic carbocycles. The van der Waals surface area contributed by atoms with Crippen molar-refractivity contribution in [3.05, 3.63) is 10.8 Å². The van der Waals surface area contributed by atoms with E-state index in [2.05, 4.69) is 9.82 Å². The molecule has 0 spiro atoms. The lowest BCUT2D eigenvalue weighted by molar-refractivity contribution is 0.164. The molecule has 0 amide bonds. The van der Waals surface area contributed by atoms with E-state index in [1.54, 1.807) is 14.0 Å². The normalized spacial score (nSPS) is 24.0. The third-order valence-electron chi connectivity index (χ3n) is 3.82. The first-order valence-corrected chi connectivity index (χ1v) is 8.55. The number of hydrogen-bond acceptors (Lipinski definition) is 4. The molecule has 1 aromatic rings. The van der Waals surface area contributed by atoms with Gasteiger partial charge in [0.2, 0.25) is 10.0 Å². The Kier molecular flexibility index (Phi) is 4.73. The maximum Gasteiger partial charge on any atom is 0.245 e. The van der Waals surface area contributed by atoms with E-state index in [0.29, 0.717) is 5.69 Å².